The molecule has 0 aliphatic carbocycles. The Balaban J connectivity index is 1.80. The maximum Gasteiger partial charge on any atom is 0.269 e. The number of hydrogen-bond acceptors (Lipinski definition) is 5. The third-order valence-corrected chi connectivity index (χ3v) is 7.31. The third kappa shape index (κ3) is 5.24. The summed E-state index contributed by atoms with van der Waals surface area (Å²) in [6, 6.07) is 12.7. The van der Waals surface area contributed by atoms with Crippen molar-refractivity contribution in [2.24, 2.45) is 0 Å². The van der Waals surface area contributed by atoms with Gasteiger partial charge in [-0.2, -0.15) is 0 Å². The van der Waals surface area contributed by atoms with Crippen LogP contribution in [-0.2, 0) is 26.2 Å². The summed E-state index contributed by atoms with van der Waals surface area (Å²) < 4.78 is 26.3. The van der Waals surface area contributed by atoms with Gasteiger partial charge in [-0.05, 0) is 45.4 Å². The van der Waals surface area contributed by atoms with Crippen molar-refractivity contribution >= 4 is 27.7 Å². The molecule has 0 bridgehead atoms. The van der Waals surface area contributed by atoms with Gasteiger partial charge in [0.25, 0.3) is 15.9 Å². The number of aryl methyl sites for hydroxylation is 1. The fraction of sp³-hybridized carbons (Fsp3) is 0.375. The van der Waals surface area contributed by atoms with Crippen molar-refractivity contribution in [2.45, 2.75) is 57.6 Å². The van der Waals surface area contributed by atoms with Crippen molar-refractivity contribution in [1.29, 1.82) is 0 Å². The highest BCUT2D eigenvalue weighted by atomic mass is 32.2. The van der Waals surface area contributed by atoms with Gasteiger partial charge in [0.05, 0.1) is 5.56 Å². The second-order valence-corrected chi connectivity index (χ2v) is 10.3. The largest absolute Gasteiger partial charge is 0.352 e. The summed E-state index contributed by atoms with van der Waals surface area (Å²) in [6.45, 7) is 7.13. The lowest BCUT2D eigenvalue weighted by atomic mass is 10.1. The van der Waals surface area contributed by atoms with Crippen LogP contribution in [0.15, 0.2) is 53.4 Å². The monoisotopic (exact) mass is 471 g/mol. The predicted octanol–water partition coefficient (Wildman–Crippen LogP) is 2.47. The molecule has 2 aromatic carbocycles. The highest BCUT2D eigenvalue weighted by Crippen LogP contribution is 2.30. The first kappa shape index (κ1) is 24.4. The molecule has 1 heterocycles. The van der Waals surface area contributed by atoms with E-state index < -0.39 is 27.9 Å². The summed E-state index contributed by atoms with van der Waals surface area (Å²) in [5.74, 6) is -1.36. The van der Waals surface area contributed by atoms with Crippen molar-refractivity contribution < 1.29 is 22.8 Å². The number of amides is 3. The minimum absolute atomic E-state index is 0.0521. The lowest BCUT2D eigenvalue weighted by Gasteiger charge is -2.30. The lowest BCUT2D eigenvalue weighted by Crippen LogP contribution is -2.49. The zero-order valence-corrected chi connectivity index (χ0v) is 20.1. The van der Waals surface area contributed by atoms with Crippen LogP contribution in [-0.4, -0.2) is 54.0 Å². The Morgan fingerprint density at radius 2 is 1.76 bits per heavy atom. The highest BCUT2D eigenvalue weighted by molar-refractivity contribution is 7.90. The molecule has 1 N–H and O–H groups in total. The number of carbonyl (C=O) groups is 3. The van der Waals surface area contributed by atoms with Crippen LogP contribution in [0.25, 0.3) is 0 Å². The molecule has 176 valence electrons. The van der Waals surface area contributed by atoms with Gasteiger partial charge < -0.3 is 10.2 Å². The molecule has 0 radical (unpaired) electrons. The second kappa shape index (κ2) is 9.74. The highest BCUT2D eigenvalue weighted by Gasteiger charge is 2.41. The average Bonchev–Trinajstić information content (AvgIpc) is 2.95. The SMILES string of the molecule is Cc1cccc(CN(C(=O)CCN2C(=O)c3ccccc3S2(=O)=O)[C@@H](C)C(=O)NC(C)C)c1. The Kier molecular flexibility index (Phi) is 7.22. The van der Waals surface area contributed by atoms with Crippen LogP contribution >= 0.6 is 0 Å². The van der Waals surface area contributed by atoms with E-state index in [4.69, 9.17) is 0 Å². The van der Waals surface area contributed by atoms with Gasteiger partial charge in [0, 0.05) is 25.6 Å². The normalized spacial score (nSPS) is 15.3. The summed E-state index contributed by atoms with van der Waals surface area (Å²) >= 11 is 0. The van der Waals surface area contributed by atoms with Gasteiger partial charge in [0.15, 0.2) is 0 Å². The van der Waals surface area contributed by atoms with Gasteiger partial charge in [-0.25, -0.2) is 12.7 Å². The molecule has 1 aliphatic rings. The molecule has 3 amide bonds. The fourth-order valence-electron chi connectivity index (χ4n) is 3.79. The molecule has 8 nitrogen and oxygen atoms in total. The van der Waals surface area contributed by atoms with Crippen LogP contribution in [0, 0.1) is 6.92 Å². The number of fused-ring (bicyclic) bond motifs is 1. The van der Waals surface area contributed by atoms with Gasteiger partial charge in [-0.15, -0.1) is 0 Å². The second-order valence-electron chi connectivity index (χ2n) is 8.48. The topological polar surface area (TPSA) is 104 Å². The molecule has 0 saturated carbocycles. The maximum absolute atomic E-state index is 13.2. The van der Waals surface area contributed by atoms with E-state index in [1.54, 1.807) is 19.1 Å². The molecule has 1 atom stereocenters. The fourth-order valence-corrected chi connectivity index (χ4v) is 5.36. The van der Waals surface area contributed by atoms with Crippen molar-refractivity contribution in [1.82, 2.24) is 14.5 Å². The van der Waals surface area contributed by atoms with Crippen LogP contribution in [0.3, 0.4) is 0 Å². The van der Waals surface area contributed by atoms with Gasteiger partial charge in [0.1, 0.15) is 10.9 Å². The zero-order chi connectivity index (χ0) is 24.3. The summed E-state index contributed by atoms with van der Waals surface area (Å²) in [6.07, 6.45) is -0.232. The summed E-state index contributed by atoms with van der Waals surface area (Å²) in [5, 5.41) is 2.81. The van der Waals surface area contributed by atoms with Crippen LogP contribution in [0.5, 0.6) is 0 Å². The number of hydrogen-bond donors (Lipinski definition) is 1. The van der Waals surface area contributed by atoms with Gasteiger partial charge in [-0.3, -0.25) is 14.4 Å². The molecular formula is C24H29N3O5S. The van der Waals surface area contributed by atoms with Crippen molar-refractivity contribution in [3.05, 3.63) is 65.2 Å². The number of nitrogens with one attached hydrogen (secondary N) is 1. The number of rotatable bonds is 8. The first-order valence-electron chi connectivity index (χ1n) is 10.8. The zero-order valence-electron chi connectivity index (χ0n) is 19.2. The number of benzene rings is 2. The predicted molar refractivity (Wildman–Crippen MR) is 124 cm³/mol. The standard InChI is InChI=1S/C24H29N3O5S/c1-16(2)25-23(29)18(4)26(15-19-9-7-8-17(3)14-19)22(28)12-13-27-24(30)20-10-5-6-11-21(20)33(27,31)32/h5-11,14,16,18H,12-13,15H2,1-4H3,(H,25,29)/t18-/m0/s1. The van der Waals surface area contributed by atoms with E-state index in [1.807, 2.05) is 45.0 Å². The quantitative estimate of drug-likeness (QED) is 0.637. The minimum atomic E-state index is -4.00. The number of nitrogens with zero attached hydrogens (tertiary/aromatic N) is 2. The molecular weight excluding hydrogens is 442 g/mol. The van der Waals surface area contributed by atoms with Crippen molar-refractivity contribution in [3.63, 3.8) is 0 Å². The molecule has 0 saturated heterocycles. The van der Waals surface area contributed by atoms with E-state index in [9.17, 15) is 22.8 Å². The van der Waals surface area contributed by atoms with Crippen LogP contribution in [0.1, 0.15) is 48.7 Å². The Bertz CT molecular complexity index is 1180. The van der Waals surface area contributed by atoms with Crippen LogP contribution in [0.2, 0.25) is 0 Å². The third-order valence-electron chi connectivity index (χ3n) is 5.47. The van der Waals surface area contributed by atoms with E-state index in [-0.39, 0.29) is 41.9 Å². The van der Waals surface area contributed by atoms with E-state index in [0.717, 1.165) is 15.4 Å². The molecule has 0 unspecified atom stereocenters. The molecule has 0 fully saturated rings. The van der Waals surface area contributed by atoms with Crippen LogP contribution in [0.4, 0.5) is 0 Å². The summed E-state index contributed by atoms with van der Waals surface area (Å²) in [7, 11) is -4.00. The summed E-state index contributed by atoms with van der Waals surface area (Å²) in [5.41, 5.74) is 1.97. The Hall–Kier alpha value is -3.20. The van der Waals surface area contributed by atoms with E-state index in [2.05, 4.69) is 5.32 Å². The van der Waals surface area contributed by atoms with Crippen LogP contribution < -0.4 is 5.32 Å². The molecule has 0 spiro atoms. The van der Waals surface area contributed by atoms with Gasteiger partial charge in [-0.1, -0.05) is 42.0 Å². The first-order valence-corrected chi connectivity index (χ1v) is 12.3. The van der Waals surface area contributed by atoms with Gasteiger partial charge in [0.2, 0.25) is 11.8 Å². The first-order chi connectivity index (χ1) is 15.5. The molecule has 33 heavy (non-hydrogen) atoms. The maximum atomic E-state index is 13.2. The molecule has 2 aromatic rings. The van der Waals surface area contributed by atoms with Crippen molar-refractivity contribution in [2.75, 3.05) is 6.54 Å². The van der Waals surface area contributed by atoms with E-state index in [0.29, 0.717) is 0 Å². The number of sulfonamides is 1. The molecule has 1 aliphatic heterocycles. The average molecular weight is 472 g/mol. The molecule has 0 aromatic heterocycles. The van der Waals surface area contributed by atoms with Crippen molar-refractivity contribution in [3.8, 4) is 0 Å². The Morgan fingerprint density at radius 1 is 1.06 bits per heavy atom. The lowest BCUT2D eigenvalue weighted by molar-refractivity contribution is -0.140. The van der Waals surface area contributed by atoms with E-state index >= 15 is 0 Å². The Labute approximate surface area is 194 Å². The van der Waals surface area contributed by atoms with E-state index in [1.165, 1.54) is 17.0 Å². The summed E-state index contributed by atoms with van der Waals surface area (Å²) in [4.78, 5) is 39.9. The molecule has 3 rings (SSSR count). The Morgan fingerprint density at radius 3 is 2.39 bits per heavy atom. The molecule has 9 heteroatoms. The minimum Gasteiger partial charge on any atom is -0.352 e. The smallest absolute Gasteiger partial charge is 0.269 e. The number of carbonyl (C=O) groups excluding carboxylic acids is 3. The van der Waals surface area contributed by atoms with Gasteiger partial charge >= 0.3 is 0 Å².